The molecule has 0 fully saturated rings. The predicted molar refractivity (Wildman–Crippen MR) is 35.8 cm³/mol. The summed E-state index contributed by atoms with van der Waals surface area (Å²) in [5, 5.41) is 10.9. The Labute approximate surface area is 53.0 Å². The van der Waals surface area contributed by atoms with Crippen molar-refractivity contribution in [2.45, 2.75) is 0 Å². The van der Waals surface area contributed by atoms with E-state index in [1.54, 1.807) is 0 Å². The fourth-order valence-corrected chi connectivity index (χ4v) is 0.223. The van der Waals surface area contributed by atoms with Crippen LogP contribution in [0.2, 0.25) is 0 Å². The maximum atomic E-state index is 9.61. The smallest absolute Gasteiger partial charge is 0.108 e. The van der Waals surface area contributed by atoms with Crippen molar-refractivity contribution in [3.05, 3.63) is 41.7 Å². The van der Waals surface area contributed by atoms with Crippen LogP contribution in [0.5, 0.6) is 0 Å². The number of aliphatic hydroxyl groups is 1. The second-order valence-corrected chi connectivity index (χ2v) is 1.41. The van der Waals surface area contributed by atoms with Crippen molar-refractivity contribution in [1.82, 2.24) is 0 Å². The van der Waals surface area contributed by atoms with Crippen LogP contribution in [0.3, 0.4) is 0 Å². The van der Waals surface area contributed by atoms with Crippen molar-refractivity contribution in [2.75, 3.05) is 0 Å². The van der Waals surface area contributed by atoms with E-state index in [1.165, 1.54) is 12.2 Å². The van der Waals surface area contributed by atoms with E-state index in [1.807, 2.05) is 0 Å². The average molecular weight is 125 g/mol. The summed E-state index contributed by atoms with van der Waals surface area (Å²) in [7, 11) is 0. The van der Waals surface area contributed by atoms with E-state index < -0.39 is 0 Å². The van der Waals surface area contributed by atoms with E-state index in [9.17, 15) is 4.91 Å². The van der Waals surface area contributed by atoms with Crippen LogP contribution in [0.25, 0.3) is 0 Å². The van der Waals surface area contributed by atoms with Gasteiger partial charge in [0.1, 0.15) is 11.5 Å². The average Bonchev–Trinajstić information content (AvgIpc) is 1.83. The minimum Gasteiger partial charge on any atom is -0.509 e. The molecule has 3 nitrogen and oxygen atoms in total. The largest absolute Gasteiger partial charge is 0.509 e. The summed E-state index contributed by atoms with van der Waals surface area (Å²) in [5.41, 5.74) is 0.0604. The maximum Gasteiger partial charge on any atom is 0.108 e. The molecule has 0 unspecified atom stereocenters. The van der Waals surface area contributed by atoms with Crippen molar-refractivity contribution < 1.29 is 5.11 Å². The zero-order valence-corrected chi connectivity index (χ0v) is 4.87. The molecule has 0 heterocycles. The van der Waals surface area contributed by atoms with E-state index in [-0.39, 0.29) is 11.5 Å². The summed E-state index contributed by atoms with van der Waals surface area (Å²) in [6.07, 6.45) is 2.51. The van der Waals surface area contributed by atoms with Gasteiger partial charge in [-0.3, -0.25) is 0 Å². The molecule has 0 aromatic rings. The van der Waals surface area contributed by atoms with Crippen molar-refractivity contribution >= 4 is 0 Å². The predicted octanol–water partition coefficient (Wildman–Crippen LogP) is 1.89. The van der Waals surface area contributed by atoms with Gasteiger partial charge in [0.05, 0.1) is 0 Å². The summed E-state index contributed by atoms with van der Waals surface area (Å²) in [5.74, 6) is -0.125. The molecule has 0 spiro atoms. The molecular formula is C6H7NO2. The highest BCUT2D eigenvalue weighted by molar-refractivity contribution is 5.19. The molecule has 0 saturated heterocycles. The first-order chi connectivity index (χ1) is 4.16. The van der Waals surface area contributed by atoms with Crippen LogP contribution in [0, 0.1) is 4.91 Å². The van der Waals surface area contributed by atoms with E-state index in [2.05, 4.69) is 18.3 Å². The Hall–Kier alpha value is -1.38. The molecule has 0 radical (unpaired) electrons. The SMILES string of the molecule is C=C(O)/C=C\C(=C)N=O. The van der Waals surface area contributed by atoms with E-state index >= 15 is 0 Å². The van der Waals surface area contributed by atoms with Crippen molar-refractivity contribution in [2.24, 2.45) is 5.18 Å². The number of rotatable bonds is 3. The lowest BCUT2D eigenvalue weighted by atomic mass is 10.4. The van der Waals surface area contributed by atoms with Crippen LogP contribution < -0.4 is 0 Å². The van der Waals surface area contributed by atoms with Crippen LogP contribution in [-0.4, -0.2) is 5.11 Å². The molecule has 1 N–H and O–H groups in total. The van der Waals surface area contributed by atoms with Gasteiger partial charge in [-0.25, -0.2) is 0 Å². The topological polar surface area (TPSA) is 49.7 Å². The highest BCUT2D eigenvalue weighted by Crippen LogP contribution is 1.95. The minimum atomic E-state index is -0.125. The van der Waals surface area contributed by atoms with Crippen LogP contribution in [0.4, 0.5) is 0 Å². The summed E-state index contributed by atoms with van der Waals surface area (Å²) < 4.78 is 0. The normalized spacial score (nSPS) is 9.33. The molecule has 0 aromatic heterocycles. The zero-order chi connectivity index (χ0) is 7.28. The fraction of sp³-hybridized carbons (Fsp3) is 0. The van der Waals surface area contributed by atoms with Crippen molar-refractivity contribution in [1.29, 1.82) is 0 Å². The lowest BCUT2D eigenvalue weighted by molar-refractivity contribution is 0.435. The summed E-state index contributed by atoms with van der Waals surface area (Å²) in [6, 6.07) is 0. The number of nitroso groups, excluding NO2 is 1. The highest BCUT2D eigenvalue weighted by Gasteiger charge is 1.81. The number of hydrogen-bond acceptors (Lipinski definition) is 3. The van der Waals surface area contributed by atoms with Gasteiger partial charge in [0.15, 0.2) is 0 Å². The van der Waals surface area contributed by atoms with Crippen molar-refractivity contribution in [3.8, 4) is 0 Å². The monoisotopic (exact) mass is 125 g/mol. The first-order valence-corrected chi connectivity index (χ1v) is 2.25. The molecule has 0 aromatic carbocycles. The Morgan fingerprint density at radius 3 is 2.33 bits per heavy atom. The quantitative estimate of drug-likeness (QED) is 0.355. The molecule has 0 bridgehead atoms. The standard InChI is InChI=1S/C6H7NO2/c1-5(7-9)3-4-6(2)8/h3-4,8H,1-2H2/b4-3-. The van der Waals surface area contributed by atoms with Crippen LogP contribution in [0.1, 0.15) is 0 Å². The van der Waals surface area contributed by atoms with Crippen LogP contribution in [-0.2, 0) is 0 Å². The first-order valence-electron chi connectivity index (χ1n) is 2.25. The Morgan fingerprint density at radius 1 is 1.44 bits per heavy atom. The summed E-state index contributed by atoms with van der Waals surface area (Å²) in [4.78, 5) is 9.61. The molecular weight excluding hydrogens is 118 g/mol. The number of nitrogens with zero attached hydrogens (tertiary/aromatic N) is 1. The fourth-order valence-electron chi connectivity index (χ4n) is 0.223. The molecule has 3 heteroatoms. The van der Waals surface area contributed by atoms with Crippen molar-refractivity contribution in [3.63, 3.8) is 0 Å². The Balaban J connectivity index is 3.85. The van der Waals surface area contributed by atoms with Gasteiger partial charge in [0.2, 0.25) is 0 Å². The minimum absolute atomic E-state index is 0.0604. The lowest BCUT2D eigenvalue weighted by Gasteiger charge is -1.82. The third kappa shape index (κ3) is 4.47. The molecule has 0 rings (SSSR count). The van der Waals surface area contributed by atoms with Gasteiger partial charge in [-0.05, 0) is 17.3 Å². The van der Waals surface area contributed by atoms with E-state index in [0.29, 0.717) is 0 Å². The van der Waals surface area contributed by atoms with Crippen LogP contribution in [0.15, 0.2) is 41.9 Å². The van der Waals surface area contributed by atoms with Gasteiger partial charge in [-0.2, -0.15) is 0 Å². The second kappa shape index (κ2) is 3.60. The Bertz CT molecular complexity index is 170. The molecule has 9 heavy (non-hydrogen) atoms. The van der Waals surface area contributed by atoms with Gasteiger partial charge >= 0.3 is 0 Å². The Morgan fingerprint density at radius 2 is 2.00 bits per heavy atom. The molecule has 0 saturated carbocycles. The first kappa shape index (κ1) is 7.62. The van der Waals surface area contributed by atoms with Gasteiger partial charge in [0, 0.05) is 0 Å². The summed E-state index contributed by atoms with van der Waals surface area (Å²) in [6.45, 7) is 6.37. The second-order valence-electron chi connectivity index (χ2n) is 1.41. The van der Waals surface area contributed by atoms with Crippen LogP contribution >= 0.6 is 0 Å². The molecule has 0 amide bonds. The maximum absolute atomic E-state index is 9.61. The number of allylic oxidation sites excluding steroid dienone is 2. The molecule has 0 aliphatic heterocycles. The third-order valence-corrected chi connectivity index (χ3v) is 0.585. The highest BCUT2D eigenvalue weighted by atomic mass is 16.3. The van der Waals surface area contributed by atoms with E-state index in [4.69, 9.17) is 5.11 Å². The van der Waals surface area contributed by atoms with Gasteiger partial charge in [-0.15, -0.1) is 4.91 Å². The molecule has 48 valence electrons. The Kier molecular flexibility index (Phi) is 3.05. The molecule has 0 aliphatic rings. The third-order valence-electron chi connectivity index (χ3n) is 0.585. The van der Waals surface area contributed by atoms with Gasteiger partial charge in [-0.1, -0.05) is 13.2 Å². The number of aliphatic hydroxyl groups excluding tert-OH is 1. The molecule has 0 aliphatic carbocycles. The van der Waals surface area contributed by atoms with Gasteiger partial charge in [0.25, 0.3) is 0 Å². The van der Waals surface area contributed by atoms with E-state index in [0.717, 1.165) is 0 Å². The molecule has 0 atom stereocenters. The summed E-state index contributed by atoms with van der Waals surface area (Å²) >= 11 is 0. The van der Waals surface area contributed by atoms with Gasteiger partial charge < -0.3 is 5.11 Å². The lowest BCUT2D eigenvalue weighted by Crippen LogP contribution is -1.68. The number of hydrogen-bond donors (Lipinski definition) is 1. The zero-order valence-electron chi connectivity index (χ0n) is 4.87.